The predicted molar refractivity (Wildman–Crippen MR) is 77.8 cm³/mol. The molecule has 1 fully saturated rings. The van der Waals surface area contributed by atoms with Crippen molar-refractivity contribution in [2.24, 2.45) is 23.0 Å². The molecule has 4 heteroatoms. The van der Waals surface area contributed by atoms with Gasteiger partial charge in [0.25, 0.3) is 0 Å². The monoisotopic (exact) mass is 270 g/mol. The smallest absolute Gasteiger partial charge is 0.223 e. The van der Waals surface area contributed by atoms with Crippen LogP contribution < -0.4 is 11.1 Å². The van der Waals surface area contributed by atoms with Gasteiger partial charge in [0, 0.05) is 32.2 Å². The highest BCUT2D eigenvalue weighted by Crippen LogP contribution is 2.44. The lowest BCUT2D eigenvalue weighted by Crippen LogP contribution is -2.51. The Morgan fingerprint density at radius 3 is 2.68 bits per heavy atom. The van der Waals surface area contributed by atoms with Gasteiger partial charge >= 0.3 is 0 Å². The van der Waals surface area contributed by atoms with E-state index in [4.69, 9.17) is 10.5 Å². The minimum Gasteiger partial charge on any atom is -0.385 e. The molecule has 0 radical (unpaired) electrons. The molecule has 0 aromatic carbocycles. The normalized spacial score (nSPS) is 30.1. The van der Waals surface area contributed by atoms with Crippen LogP contribution in [0.2, 0.25) is 0 Å². The third kappa shape index (κ3) is 4.18. The molecule has 0 aromatic rings. The molecule has 1 rings (SSSR count). The Labute approximate surface area is 117 Å². The number of carbonyl (C=O) groups excluding carboxylic acids is 1. The SMILES string of the molecule is COCCCCNC(=O)C1CCC(N)C(C)C1(C)C. The van der Waals surface area contributed by atoms with Gasteiger partial charge in [-0.05, 0) is 37.0 Å². The number of hydrogen-bond acceptors (Lipinski definition) is 3. The first-order valence-electron chi connectivity index (χ1n) is 7.43. The third-order valence-corrected chi connectivity index (χ3v) is 4.89. The van der Waals surface area contributed by atoms with E-state index in [1.165, 1.54) is 0 Å². The second kappa shape index (κ2) is 7.25. The van der Waals surface area contributed by atoms with Crippen molar-refractivity contribution in [2.75, 3.05) is 20.3 Å². The summed E-state index contributed by atoms with van der Waals surface area (Å²) < 4.78 is 5.00. The molecule has 3 N–H and O–H groups in total. The van der Waals surface area contributed by atoms with Gasteiger partial charge in [-0.25, -0.2) is 0 Å². The molecule has 0 aliphatic heterocycles. The molecule has 3 unspecified atom stereocenters. The van der Waals surface area contributed by atoms with Gasteiger partial charge in [-0.15, -0.1) is 0 Å². The van der Waals surface area contributed by atoms with Crippen molar-refractivity contribution in [2.45, 2.75) is 52.5 Å². The predicted octanol–water partition coefficient (Wildman–Crippen LogP) is 1.93. The fourth-order valence-corrected chi connectivity index (χ4v) is 3.03. The van der Waals surface area contributed by atoms with E-state index < -0.39 is 0 Å². The molecule has 1 aliphatic rings. The van der Waals surface area contributed by atoms with Crippen LogP contribution in [0.15, 0.2) is 0 Å². The number of hydrogen-bond donors (Lipinski definition) is 2. The number of nitrogens with two attached hydrogens (primary N) is 1. The highest BCUT2D eigenvalue weighted by molar-refractivity contribution is 5.79. The van der Waals surface area contributed by atoms with Gasteiger partial charge in [-0.3, -0.25) is 4.79 Å². The van der Waals surface area contributed by atoms with Crippen LogP contribution in [0.1, 0.15) is 46.5 Å². The topological polar surface area (TPSA) is 64.3 Å². The fraction of sp³-hybridized carbons (Fsp3) is 0.933. The molecular formula is C15H30N2O2. The Balaban J connectivity index is 2.43. The van der Waals surface area contributed by atoms with Crippen LogP contribution in [0.3, 0.4) is 0 Å². The van der Waals surface area contributed by atoms with Gasteiger partial charge in [0.15, 0.2) is 0 Å². The van der Waals surface area contributed by atoms with Crippen LogP contribution in [0.4, 0.5) is 0 Å². The van der Waals surface area contributed by atoms with Crippen molar-refractivity contribution in [1.82, 2.24) is 5.32 Å². The Bertz CT molecular complexity index is 292. The van der Waals surface area contributed by atoms with Crippen LogP contribution in [0.5, 0.6) is 0 Å². The molecule has 0 spiro atoms. The Kier molecular flexibility index (Phi) is 6.27. The van der Waals surface area contributed by atoms with Crippen molar-refractivity contribution in [3.8, 4) is 0 Å². The Morgan fingerprint density at radius 2 is 2.05 bits per heavy atom. The van der Waals surface area contributed by atoms with E-state index in [-0.39, 0.29) is 23.3 Å². The zero-order valence-corrected chi connectivity index (χ0v) is 12.9. The number of carbonyl (C=O) groups is 1. The summed E-state index contributed by atoms with van der Waals surface area (Å²) in [5.41, 5.74) is 6.11. The second-order valence-electron chi connectivity index (χ2n) is 6.39. The van der Waals surface area contributed by atoms with Gasteiger partial charge in [0.1, 0.15) is 0 Å². The molecule has 0 heterocycles. The van der Waals surface area contributed by atoms with E-state index in [0.29, 0.717) is 5.92 Å². The van der Waals surface area contributed by atoms with Crippen molar-refractivity contribution < 1.29 is 9.53 Å². The molecule has 112 valence electrons. The molecule has 1 saturated carbocycles. The van der Waals surface area contributed by atoms with Crippen LogP contribution >= 0.6 is 0 Å². The van der Waals surface area contributed by atoms with E-state index in [2.05, 4.69) is 26.1 Å². The molecular weight excluding hydrogens is 240 g/mol. The number of rotatable bonds is 6. The summed E-state index contributed by atoms with van der Waals surface area (Å²) in [6.45, 7) is 8.02. The average molecular weight is 270 g/mol. The number of methoxy groups -OCH3 is 1. The summed E-state index contributed by atoms with van der Waals surface area (Å²) in [5.74, 6) is 0.663. The molecule has 0 bridgehead atoms. The Hall–Kier alpha value is -0.610. The van der Waals surface area contributed by atoms with Crippen molar-refractivity contribution in [3.05, 3.63) is 0 Å². The van der Waals surface area contributed by atoms with Crippen LogP contribution in [0, 0.1) is 17.3 Å². The van der Waals surface area contributed by atoms with E-state index in [0.717, 1.165) is 38.8 Å². The number of ether oxygens (including phenoxy) is 1. The highest BCUT2D eigenvalue weighted by atomic mass is 16.5. The lowest BCUT2D eigenvalue weighted by Gasteiger charge is -2.46. The largest absolute Gasteiger partial charge is 0.385 e. The zero-order valence-electron chi connectivity index (χ0n) is 12.9. The summed E-state index contributed by atoms with van der Waals surface area (Å²) in [6.07, 6.45) is 3.82. The van der Waals surface area contributed by atoms with Gasteiger partial charge in [0.05, 0.1) is 0 Å². The Morgan fingerprint density at radius 1 is 1.37 bits per heavy atom. The number of amides is 1. The number of nitrogens with one attached hydrogen (secondary N) is 1. The molecule has 1 aliphatic carbocycles. The van der Waals surface area contributed by atoms with Crippen LogP contribution in [-0.2, 0) is 9.53 Å². The van der Waals surface area contributed by atoms with E-state index in [9.17, 15) is 4.79 Å². The standard InChI is InChI=1S/C15H30N2O2/c1-11-13(16)8-7-12(15(11,2)3)14(18)17-9-5-6-10-19-4/h11-13H,5-10,16H2,1-4H3,(H,17,18). The summed E-state index contributed by atoms with van der Waals surface area (Å²) in [5, 5.41) is 3.07. The summed E-state index contributed by atoms with van der Waals surface area (Å²) in [6, 6.07) is 0.223. The molecule has 4 nitrogen and oxygen atoms in total. The first-order chi connectivity index (χ1) is 8.91. The molecule has 0 saturated heterocycles. The van der Waals surface area contributed by atoms with Crippen LogP contribution in [-0.4, -0.2) is 32.2 Å². The van der Waals surface area contributed by atoms with Crippen molar-refractivity contribution in [3.63, 3.8) is 0 Å². The second-order valence-corrected chi connectivity index (χ2v) is 6.39. The third-order valence-electron chi connectivity index (χ3n) is 4.89. The summed E-state index contributed by atoms with van der Waals surface area (Å²) >= 11 is 0. The lowest BCUT2D eigenvalue weighted by molar-refractivity contribution is -0.132. The first kappa shape index (κ1) is 16.4. The first-order valence-corrected chi connectivity index (χ1v) is 7.43. The van der Waals surface area contributed by atoms with Gasteiger partial charge in [0.2, 0.25) is 5.91 Å². The maximum absolute atomic E-state index is 12.3. The molecule has 0 aromatic heterocycles. The van der Waals surface area contributed by atoms with E-state index in [1.54, 1.807) is 7.11 Å². The minimum absolute atomic E-state index is 0.0196. The average Bonchev–Trinajstić information content (AvgIpc) is 2.35. The summed E-state index contributed by atoms with van der Waals surface area (Å²) in [4.78, 5) is 12.3. The van der Waals surface area contributed by atoms with Gasteiger partial charge in [-0.2, -0.15) is 0 Å². The van der Waals surface area contributed by atoms with Gasteiger partial charge in [-0.1, -0.05) is 20.8 Å². The molecule has 1 amide bonds. The zero-order chi connectivity index (χ0) is 14.5. The van der Waals surface area contributed by atoms with Crippen molar-refractivity contribution >= 4 is 5.91 Å². The van der Waals surface area contributed by atoms with Gasteiger partial charge < -0.3 is 15.8 Å². The maximum atomic E-state index is 12.3. The summed E-state index contributed by atoms with van der Waals surface area (Å²) in [7, 11) is 1.70. The maximum Gasteiger partial charge on any atom is 0.223 e. The fourth-order valence-electron chi connectivity index (χ4n) is 3.03. The molecule has 19 heavy (non-hydrogen) atoms. The van der Waals surface area contributed by atoms with Crippen molar-refractivity contribution in [1.29, 1.82) is 0 Å². The number of unbranched alkanes of at least 4 members (excludes halogenated alkanes) is 1. The molecule has 3 atom stereocenters. The van der Waals surface area contributed by atoms with E-state index >= 15 is 0 Å². The van der Waals surface area contributed by atoms with Crippen LogP contribution in [0.25, 0.3) is 0 Å². The highest BCUT2D eigenvalue weighted by Gasteiger charge is 2.44. The quantitative estimate of drug-likeness (QED) is 0.725. The lowest BCUT2D eigenvalue weighted by atomic mass is 9.61. The van der Waals surface area contributed by atoms with E-state index in [1.807, 2.05) is 0 Å². The minimum atomic E-state index is -0.0196.